The third-order valence-electron chi connectivity index (χ3n) is 5.15. The molecule has 1 aromatic heterocycles. The molecule has 1 aromatic carbocycles. The van der Waals surface area contributed by atoms with Gasteiger partial charge in [-0.2, -0.15) is 5.10 Å². The average Bonchev–Trinajstić information content (AvgIpc) is 3.01. The van der Waals surface area contributed by atoms with Gasteiger partial charge >= 0.3 is 6.03 Å². The van der Waals surface area contributed by atoms with Gasteiger partial charge in [-0.25, -0.2) is 4.79 Å². The van der Waals surface area contributed by atoms with Crippen molar-refractivity contribution in [3.8, 4) is 5.75 Å². The zero-order valence-electron chi connectivity index (χ0n) is 17.4. The molecule has 2 aromatic rings. The predicted octanol–water partition coefficient (Wildman–Crippen LogP) is 3.78. The highest BCUT2D eigenvalue weighted by molar-refractivity contribution is 5.74. The topological polar surface area (TPSA) is 70.2 Å². The molecule has 0 saturated heterocycles. The van der Waals surface area contributed by atoms with Crippen LogP contribution in [0.25, 0.3) is 0 Å². The molecule has 28 heavy (non-hydrogen) atoms. The van der Waals surface area contributed by atoms with E-state index in [4.69, 9.17) is 4.74 Å². The second-order valence-corrected chi connectivity index (χ2v) is 8.64. The Morgan fingerprint density at radius 3 is 2.82 bits per heavy atom. The molecule has 3 rings (SSSR count). The molecule has 1 atom stereocenters. The molecule has 0 aliphatic carbocycles. The first-order chi connectivity index (χ1) is 13.4. The minimum atomic E-state index is 0.000619. The lowest BCUT2D eigenvalue weighted by Gasteiger charge is -2.30. The fraction of sp³-hybridized carbons (Fsp3) is 0.545. The van der Waals surface area contributed by atoms with E-state index in [0.717, 1.165) is 36.4 Å². The van der Waals surface area contributed by atoms with Gasteiger partial charge in [0.1, 0.15) is 5.75 Å². The number of carbonyl (C=O) groups excluding carboxylic acids is 1. The highest BCUT2D eigenvalue weighted by atomic mass is 16.5. The molecule has 0 bridgehead atoms. The Balaban J connectivity index is 1.53. The normalized spacial score (nSPS) is 16.8. The Hall–Kier alpha value is -2.50. The molecule has 0 saturated carbocycles. The summed E-state index contributed by atoms with van der Waals surface area (Å²) in [5.41, 5.74) is 3.53. The van der Waals surface area contributed by atoms with Crippen molar-refractivity contribution < 1.29 is 9.53 Å². The van der Waals surface area contributed by atoms with Crippen molar-refractivity contribution in [3.05, 3.63) is 47.3 Å². The van der Waals surface area contributed by atoms with Crippen LogP contribution < -0.4 is 10.1 Å². The molecule has 1 unspecified atom stereocenters. The van der Waals surface area contributed by atoms with Gasteiger partial charge in [0.15, 0.2) is 0 Å². The van der Waals surface area contributed by atoms with Gasteiger partial charge in [0.2, 0.25) is 0 Å². The minimum Gasteiger partial charge on any atom is -0.494 e. The molecule has 0 radical (unpaired) electrons. The minimum absolute atomic E-state index is 0.000619. The van der Waals surface area contributed by atoms with Crippen molar-refractivity contribution in [2.75, 3.05) is 19.7 Å². The number of rotatable bonds is 6. The van der Waals surface area contributed by atoms with Crippen LogP contribution in [0.4, 0.5) is 4.79 Å². The molecule has 1 aliphatic rings. The van der Waals surface area contributed by atoms with Crippen LogP contribution in [0.3, 0.4) is 0 Å². The van der Waals surface area contributed by atoms with E-state index in [1.54, 1.807) is 0 Å². The van der Waals surface area contributed by atoms with E-state index in [1.165, 1.54) is 5.56 Å². The summed E-state index contributed by atoms with van der Waals surface area (Å²) in [5.74, 6) is 1.25. The summed E-state index contributed by atoms with van der Waals surface area (Å²) in [7, 11) is 0. The molecule has 6 nitrogen and oxygen atoms in total. The third-order valence-corrected chi connectivity index (χ3v) is 5.15. The lowest BCUT2D eigenvalue weighted by Crippen LogP contribution is -2.44. The number of urea groups is 1. The summed E-state index contributed by atoms with van der Waals surface area (Å²) in [6.45, 7) is 11.2. The molecule has 2 N–H and O–H groups in total. The Kier molecular flexibility index (Phi) is 6.27. The van der Waals surface area contributed by atoms with Crippen molar-refractivity contribution in [1.29, 1.82) is 0 Å². The second-order valence-electron chi connectivity index (χ2n) is 8.64. The number of hydrogen-bond donors (Lipinski definition) is 2. The van der Waals surface area contributed by atoms with Crippen LogP contribution >= 0.6 is 0 Å². The molecule has 2 amide bonds. The summed E-state index contributed by atoms with van der Waals surface area (Å²) in [6.07, 6.45) is 3.66. The fourth-order valence-electron chi connectivity index (χ4n) is 3.82. The van der Waals surface area contributed by atoms with Crippen LogP contribution in [0.2, 0.25) is 0 Å². The Morgan fingerprint density at radius 2 is 2.11 bits per heavy atom. The molecule has 6 heteroatoms. The fourth-order valence-corrected chi connectivity index (χ4v) is 3.82. The molecular formula is C22H32N4O2. The van der Waals surface area contributed by atoms with E-state index in [0.29, 0.717) is 25.6 Å². The first kappa shape index (κ1) is 20.2. The van der Waals surface area contributed by atoms with Gasteiger partial charge in [-0.3, -0.25) is 5.10 Å². The molecular weight excluding hydrogens is 352 g/mol. The van der Waals surface area contributed by atoms with Gasteiger partial charge in [-0.15, -0.1) is 0 Å². The number of nitrogens with zero attached hydrogens (tertiary/aromatic N) is 2. The number of aromatic amines is 1. The number of nitrogens with one attached hydrogen (secondary N) is 2. The summed E-state index contributed by atoms with van der Waals surface area (Å²) in [6, 6.07) is 8.21. The third kappa shape index (κ3) is 5.27. The smallest absolute Gasteiger partial charge is 0.317 e. The van der Waals surface area contributed by atoms with Crippen molar-refractivity contribution in [3.63, 3.8) is 0 Å². The van der Waals surface area contributed by atoms with Crippen LogP contribution in [-0.4, -0.2) is 40.8 Å². The highest BCUT2D eigenvalue weighted by Gasteiger charge is 2.31. The molecule has 0 fully saturated rings. The number of fused-ring (bicyclic) bond motifs is 1. The standard InChI is InChI=1S/C22H32N4O2/c1-5-28-19-8-6-17(7-9-19)10-16(2)12-23-21(27)26-14-18-13-24-25-20(18)11-22(3,4)15-26/h6-9,13,16H,5,10-12,14-15H2,1-4H3,(H,23,27)(H,24,25). The van der Waals surface area contributed by atoms with Crippen LogP contribution in [0.1, 0.15) is 44.5 Å². The van der Waals surface area contributed by atoms with E-state index in [9.17, 15) is 4.79 Å². The van der Waals surface area contributed by atoms with Crippen molar-refractivity contribution >= 4 is 6.03 Å². The van der Waals surface area contributed by atoms with E-state index < -0.39 is 0 Å². The van der Waals surface area contributed by atoms with Crippen LogP contribution in [-0.2, 0) is 19.4 Å². The summed E-state index contributed by atoms with van der Waals surface area (Å²) >= 11 is 0. The number of aromatic nitrogens is 2. The average molecular weight is 385 g/mol. The summed E-state index contributed by atoms with van der Waals surface area (Å²) in [4.78, 5) is 14.7. The largest absolute Gasteiger partial charge is 0.494 e. The summed E-state index contributed by atoms with van der Waals surface area (Å²) < 4.78 is 5.49. The zero-order valence-corrected chi connectivity index (χ0v) is 17.4. The number of benzene rings is 1. The SMILES string of the molecule is CCOc1ccc(CC(C)CNC(=O)N2Cc3cn[nH]c3CC(C)(C)C2)cc1. The molecule has 1 aliphatic heterocycles. The van der Waals surface area contributed by atoms with Crippen molar-refractivity contribution in [2.24, 2.45) is 11.3 Å². The van der Waals surface area contributed by atoms with Gasteiger partial charge in [0.05, 0.1) is 19.3 Å². The van der Waals surface area contributed by atoms with E-state index in [2.05, 4.69) is 48.4 Å². The second kappa shape index (κ2) is 8.67. The van der Waals surface area contributed by atoms with Gasteiger partial charge in [0, 0.05) is 24.3 Å². The van der Waals surface area contributed by atoms with E-state index in [-0.39, 0.29) is 11.4 Å². The zero-order chi connectivity index (χ0) is 20.1. The highest BCUT2D eigenvalue weighted by Crippen LogP contribution is 2.29. The molecule has 2 heterocycles. The Labute approximate surface area is 167 Å². The number of H-pyrrole nitrogens is 1. The lowest BCUT2D eigenvalue weighted by atomic mass is 9.88. The first-order valence-corrected chi connectivity index (χ1v) is 10.1. The maximum atomic E-state index is 12.8. The van der Waals surface area contributed by atoms with Gasteiger partial charge < -0.3 is 15.0 Å². The maximum Gasteiger partial charge on any atom is 0.317 e. The number of amides is 2. The van der Waals surface area contributed by atoms with E-state index in [1.807, 2.05) is 30.2 Å². The van der Waals surface area contributed by atoms with Crippen molar-refractivity contribution in [2.45, 2.75) is 47.1 Å². The molecule has 152 valence electrons. The Morgan fingerprint density at radius 1 is 1.36 bits per heavy atom. The monoisotopic (exact) mass is 384 g/mol. The van der Waals surface area contributed by atoms with Crippen LogP contribution in [0, 0.1) is 11.3 Å². The first-order valence-electron chi connectivity index (χ1n) is 10.1. The molecule has 0 spiro atoms. The van der Waals surface area contributed by atoms with E-state index >= 15 is 0 Å². The summed E-state index contributed by atoms with van der Waals surface area (Å²) in [5, 5.41) is 10.4. The lowest BCUT2D eigenvalue weighted by molar-refractivity contribution is 0.167. The van der Waals surface area contributed by atoms with Gasteiger partial charge in [-0.05, 0) is 48.8 Å². The quantitative estimate of drug-likeness (QED) is 0.796. The van der Waals surface area contributed by atoms with Crippen molar-refractivity contribution in [1.82, 2.24) is 20.4 Å². The number of carbonyl (C=O) groups is 1. The number of hydrogen-bond acceptors (Lipinski definition) is 3. The Bertz CT molecular complexity index is 782. The maximum absolute atomic E-state index is 12.8. The van der Waals surface area contributed by atoms with Crippen LogP contribution in [0.15, 0.2) is 30.5 Å². The van der Waals surface area contributed by atoms with Crippen LogP contribution in [0.5, 0.6) is 5.75 Å². The van der Waals surface area contributed by atoms with Gasteiger partial charge in [-0.1, -0.05) is 32.9 Å². The predicted molar refractivity (Wildman–Crippen MR) is 110 cm³/mol. The number of ether oxygens (including phenoxy) is 1. The van der Waals surface area contributed by atoms with Gasteiger partial charge in [0.25, 0.3) is 0 Å².